The minimum Gasteiger partial charge on any atom is -0.497 e. The lowest BCUT2D eigenvalue weighted by atomic mass is 10.0. The quantitative estimate of drug-likeness (QED) is 0.340. The van der Waals surface area contributed by atoms with Gasteiger partial charge in [-0.15, -0.1) is 0 Å². The van der Waals surface area contributed by atoms with Crippen LogP contribution in [-0.2, 0) is 24.2 Å². The van der Waals surface area contributed by atoms with Gasteiger partial charge in [-0.2, -0.15) is 0 Å². The van der Waals surface area contributed by atoms with Crippen LogP contribution >= 0.6 is 0 Å². The van der Waals surface area contributed by atoms with Crippen LogP contribution in [0, 0.1) is 0 Å². The van der Waals surface area contributed by atoms with Crippen molar-refractivity contribution in [1.29, 1.82) is 0 Å². The Labute approximate surface area is 197 Å². The molecule has 1 aliphatic heterocycles. The average molecular weight is 460 g/mol. The minimum absolute atomic E-state index is 0.0710. The van der Waals surface area contributed by atoms with Gasteiger partial charge in [0.05, 0.1) is 13.7 Å². The molecule has 0 aliphatic carbocycles. The van der Waals surface area contributed by atoms with E-state index in [4.69, 9.17) is 4.74 Å². The monoisotopic (exact) mass is 459 g/mol. The van der Waals surface area contributed by atoms with Crippen LogP contribution < -0.4 is 15.4 Å². The van der Waals surface area contributed by atoms with Crippen LogP contribution in [0.4, 0.5) is 4.79 Å². The van der Waals surface area contributed by atoms with E-state index in [0.717, 1.165) is 46.3 Å². The van der Waals surface area contributed by atoms with Gasteiger partial charge in [0.2, 0.25) is 5.91 Å². The minimum atomic E-state index is -0.133. The highest BCUT2D eigenvalue weighted by Crippen LogP contribution is 2.27. The van der Waals surface area contributed by atoms with E-state index in [1.54, 1.807) is 12.0 Å². The second-order valence-electron chi connectivity index (χ2n) is 8.61. The van der Waals surface area contributed by atoms with Crippen molar-refractivity contribution in [2.45, 2.75) is 25.8 Å². The van der Waals surface area contributed by atoms with Crippen molar-refractivity contribution < 1.29 is 14.3 Å². The van der Waals surface area contributed by atoms with Crippen LogP contribution in [0.5, 0.6) is 5.75 Å². The highest BCUT2D eigenvalue weighted by Gasteiger charge is 2.23. The number of urea groups is 1. The summed E-state index contributed by atoms with van der Waals surface area (Å²) in [4.78, 5) is 33.3. The molecule has 2 aromatic carbocycles. The summed E-state index contributed by atoms with van der Waals surface area (Å²) in [6.45, 7) is 2.08. The van der Waals surface area contributed by atoms with E-state index in [9.17, 15) is 9.59 Å². The van der Waals surface area contributed by atoms with Gasteiger partial charge in [0.25, 0.3) is 0 Å². The number of nitrogens with zero attached hydrogens (tertiary/aromatic N) is 1. The fraction of sp³-hybridized carbons (Fsp3) is 0.308. The molecule has 3 amide bonds. The lowest BCUT2D eigenvalue weighted by molar-refractivity contribution is -0.120. The Morgan fingerprint density at radius 1 is 1.06 bits per heavy atom. The lowest BCUT2D eigenvalue weighted by Crippen LogP contribution is -2.43. The van der Waals surface area contributed by atoms with E-state index < -0.39 is 0 Å². The molecule has 8 nitrogen and oxygen atoms in total. The molecular formula is C26H29N5O3. The Kier molecular flexibility index (Phi) is 6.12. The van der Waals surface area contributed by atoms with Crippen molar-refractivity contribution in [3.63, 3.8) is 0 Å². The summed E-state index contributed by atoms with van der Waals surface area (Å²) in [5.41, 5.74) is 5.66. The van der Waals surface area contributed by atoms with E-state index in [2.05, 4.69) is 32.7 Å². The number of methoxy groups -OCH3 is 1. The van der Waals surface area contributed by atoms with Gasteiger partial charge < -0.3 is 30.2 Å². The Morgan fingerprint density at radius 2 is 1.94 bits per heavy atom. The van der Waals surface area contributed by atoms with Crippen molar-refractivity contribution >= 4 is 33.7 Å². The van der Waals surface area contributed by atoms with Crippen LogP contribution in [0.3, 0.4) is 0 Å². The fourth-order valence-corrected chi connectivity index (χ4v) is 4.69. The Hall–Kier alpha value is -3.94. The van der Waals surface area contributed by atoms with Crippen molar-refractivity contribution in [3.05, 3.63) is 65.5 Å². The molecule has 0 radical (unpaired) electrons. The number of para-hydroxylation sites is 1. The molecule has 0 saturated carbocycles. The summed E-state index contributed by atoms with van der Waals surface area (Å²) in [6.07, 6.45) is 3.77. The Bertz CT molecular complexity index is 1340. The molecule has 4 N–H and O–H groups in total. The number of fused-ring (bicyclic) bond motifs is 4. The van der Waals surface area contributed by atoms with Crippen molar-refractivity contribution in [3.8, 4) is 5.75 Å². The smallest absolute Gasteiger partial charge is 0.317 e. The van der Waals surface area contributed by atoms with Gasteiger partial charge in [-0.3, -0.25) is 4.79 Å². The number of nitrogens with one attached hydrogen (secondary N) is 4. The molecule has 0 unspecified atom stereocenters. The SMILES string of the molecule is COc1ccc2c(CCNC(=O)CCNC(=O)N3CCc4c([nH]c5ccccc45)C3)c[nH]c2c1. The van der Waals surface area contributed by atoms with Gasteiger partial charge >= 0.3 is 6.03 Å². The van der Waals surface area contributed by atoms with Gasteiger partial charge in [-0.1, -0.05) is 18.2 Å². The van der Waals surface area contributed by atoms with Gasteiger partial charge in [-0.05, 0) is 42.2 Å². The third-order valence-corrected chi connectivity index (χ3v) is 6.49. The summed E-state index contributed by atoms with van der Waals surface area (Å²) in [5.74, 6) is 0.737. The topological polar surface area (TPSA) is 102 Å². The number of aromatic nitrogens is 2. The Morgan fingerprint density at radius 3 is 2.82 bits per heavy atom. The first kappa shape index (κ1) is 21.9. The number of hydrogen-bond donors (Lipinski definition) is 4. The van der Waals surface area contributed by atoms with Crippen LogP contribution in [0.1, 0.15) is 23.2 Å². The maximum absolute atomic E-state index is 12.6. The van der Waals surface area contributed by atoms with E-state index in [0.29, 0.717) is 26.2 Å². The summed E-state index contributed by atoms with van der Waals surface area (Å²) < 4.78 is 5.25. The van der Waals surface area contributed by atoms with Gasteiger partial charge in [-0.25, -0.2) is 4.79 Å². The second kappa shape index (κ2) is 9.51. The number of carbonyl (C=O) groups is 2. The zero-order valence-electron chi connectivity index (χ0n) is 19.2. The standard InChI is InChI=1S/C26H29N5O3/c1-34-18-6-7-19-17(15-29-23(19)14-18)8-11-27-25(32)9-12-28-26(33)31-13-10-21-20-4-2-3-5-22(20)30-24(21)16-31/h2-7,14-15,29-30H,8-13,16H2,1H3,(H,27,32)(H,28,33). The molecule has 0 bridgehead atoms. The summed E-state index contributed by atoms with van der Waals surface area (Å²) in [6, 6.07) is 14.0. The number of ether oxygens (including phenoxy) is 1. The predicted molar refractivity (Wildman–Crippen MR) is 132 cm³/mol. The number of hydrogen-bond acceptors (Lipinski definition) is 3. The zero-order valence-corrected chi connectivity index (χ0v) is 19.2. The molecule has 34 heavy (non-hydrogen) atoms. The number of rotatable bonds is 7. The fourth-order valence-electron chi connectivity index (χ4n) is 4.69. The number of carbonyl (C=O) groups excluding carboxylic acids is 2. The molecular weight excluding hydrogens is 430 g/mol. The molecule has 176 valence electrons. The molecule has 1 aliphatic rings. The lowest BCUT2D eigenvalue weighted by Gasteiger charge is -2.27. The summed E-state index contributed by atoms with van der Waals surface area (Å²) in [5, 5.41) is 8.19. The molecule has 5 rings (SSSR count). The molecule has 3 heterocycles. The number of benzene rings is 2. The number of H-pyrrole nitrogens is 2. The third-order valence-electron chi connectivity index (χ3n) is 6.49. The van der Waals surface area contributed by atoms with Crippen LogP contribution in [0.2, 0.25) is 0 Å². The maximum atomic E-state index is 12.6. The normalized spacial score (nSPS) is 13.1. The number of aromatic amines is 2. The molecule has 4 aromatic rings. The van der Waals surface area contributed by atoms with Gasteiger partial charge in [0.15, 0.2) is 0 Å². The van der Waals surface area contributed by atoms with Crippen molar-refractivity contribution in [2.24, 2.45) is 0 Å². The first-order valence-electron chi connectivity index (χ1n) is 11.6. The van der Waals surface area contributed by atoms with E-state index in [1.165, 1.54) is 10.9 Å². The van der Waals surface area contributed by atoms with E-state index >= 15 is 0 Å². The first-order chi connectivity index (χ1) is 16.6. The van der Waals surface area contributed by atoms with Crippen molar-refractivity contribution in [1.82, 2.24) is 25.5 Å². The molecule has 0 fully saturated rings. The summed E-state index contributed by atoms with van der Waals surface area (Å²) >= 11 is 0. The van der Waals surface area contributed by atoms with Gasteiger partial charge in [0, 0.05) is 65.8 Å². The van der Waals surface area contributed by atoms with E-state index in [-0.39, 0.29) is 18.4 Å². The van der Waals surface area contributed by atoms with Crippen LogP contribution in [0.25, 0.3) is 21.8 Å². The average Bonchev–Trinajstić information content (AvgIpc) is 3.44. The van der Waals surface area contributed by atoms with Crippen molar-refractivity contribution in [2.75, 3.05) is 26.7 Å². The molecule has 0 spiro atoms. The van der Waals surface area contributed by atoms with Gasteiger partial charge in [0.1, 0.15) is 5.75 Å². The first-order valence-corrected chi connectivity index (χ1v) is 11.6. The maximum Gasteiger partial charge on any atom is 0.317 e. The van der Waals surface area contributed by atoms with E-state index in [1.807, 2.05) is 36.5 Å². The predicted octanol–water partition coefficient (Wildman–Crippen LogP) is 3.47. The largest absolute Gasteiger partial charge is 0.497 e. The highest BCUT2D eigenvalue weighted by molar-refractivity contribution is 5.86. The number of amides is 3. The Balaban J connectivity index is 1.05. The zero-order chi connectivity index (χ0) is 23.5. The molecule has 0 saturated heterocycles. The second-order valence-corrected chi connectivity index (χ2v) is 8.61. The molecule has 8 heteroatoms. The molecule has 2 aromatic heterocycles. The van der Waals surface area contributed by atoms with Crippen LogP contribution in [0.15, 0.2) is 48.7 Å². The summed E-state index contributed by atoms with van der Waals surface area (Å²) in [7, 11) is 1.65. The third kappa shape index (κ3) is 4.44. The molecule has 0 atom stereocenters. The highest BCUT2D eigenvalue weighted by atomic mass is 16.5. The van der Waals surface area contributed by atoms with Crippen LogP contribution in [-0.4, -0.2) is 53.6 Å².